The molecule has 0 fully saturated rings. The fourth-order valence-corrected chi connectivity index (χ4v) is 3.64. The third-order valence-electron chi connectivity index (χ3n) is 4.72. The fraction of sp³-hybridized carbons (Fsp3) is 0.250. The molecule has 0 aliphatic carbocycles. The number of carbonyl (C=O) groups excluding carboxylic acids is 1. The minimum Gasteiger partial charge on any atom is -0.462 e. The van der Waals surface area contributed by atoms with Crippen molar-refractivity contribution < 1.29 is 9.53 Å². The number of ether oxygens (including phenoxy) is 1. The Labute approximate surface area is 149 Å². The van der Waals surface area contributed by atoms with E-state index in [-0.39, 0.29) is 12.2 Å². The Balaban J connectivity index is 2.27. The molecule has 0 amide bonds. The van der Waals surface area contributed by atoms with Gasteiger partial charge < -0.3 is 9.64 Å². The summed E-state index contributed by atoms with van der Waals surface area (Å²) in [5.74, 6) is -0.455. The predicted molar refractivity (Wildman–Crippen MR) is 103 cm³/mol. The Hall–Kier alpha value is -3.15. The average molecular weight is 349 g/mol. The summed E-state index contributed by atoms with van der Waals surface area (Å²) in [6.07, 6.45) is 0. The standard InChI is InChI=1S/C20H19N3O3/c1-5-26-20(25)16-11(2)21-23-18(16)13-9-10-15(22(3)4)12-7-6-8-14(17(12)13)19(23)24/h6-10H,5H2,1-4H3. The van der Waals surface area contributed by atoms with Crippen LogP contribution in [0.15, 0.2) is 35.1 Å². The summed E-state index contributed by atoms with van der Waals surface area (Å²) in [7, 11) is 3.93. The predicted octanol–water partition coefficient (Wildman–Crippen LogP) is 2.99. The van der Waals surface area contributed by atoms with Crippen LogP contribution < -0.4 is 10.5 Å². The molecule has 6 nitrogen and oxygen atoms in total. The molecule has 0 atom stereocenters. The van der Waals surface area contributed by atoms with Gasteiger partial charge in [-0.3, -0.25) is 4.79 Å². The summed E-state index contributed by atoms with van der Waals surface area (Å²) in [5.41, 5.74) is 2.14. The van der Waals surface area contributed by atoms with E-state index in [2.05, 4.69) is 5.10 Å². The molecule has 26 heavy (non-hydrogen) atoms. The lowest BCUT2D eigenvalue weighted by Gasteiger charge is -2.17. The fourth-order valence-electron chi connectivity index (χ4n) is 3.64. The number of aryl methyl sites for hydroxylation is 1. The van der Waals surface area contributed by atoms with Gasteiger partial charge in [-0.05, 0) is 26.0 Å². The van der Waals surface area contributed by atoms with E-state index in [1.165, 1.54) is 4.52 Å². The van der Waals surface area contributed by atoms with Crippen molar-refractivity contribution in [3.05, 3.63) is 51.9 Å². The number of pyridine rings is 1. The largest absolute Gasteiger partial charge is 0.462 e. The van der Waals surface area contributed by atoms with Gasteiger partial charge in [0.2, 0.25) is 0 Å². The van der Waals surface area contributed by atoms with Crippen molar-refractivity contribution in [2.24, 2.45) is 0 Å². The molecule has 0 N–H and O–H groups in total. The number of hydrogen-bond acceptors (Lipinski definition) is 5. The molecule has 0 radical (unpaired) electrons. The number of rotatable bonds is 3. The maximum Gasteiger partial charge on any atom is 0.342 e. The molecule has 0 spiro atoms. The highest BCUT2D eigenvalue weighted by molar-refractivity contribution is 6.21. The van der Waals surface area contributed by atoms with Gasteiger partial charge in [0.1, 0.15) is 5.56 Å². The molecule has 0 unspecified atom stereocenters. The van der Waals surface area contributed by atoms with E-state index in [1.807, 2.05) is 43.3 Å². The van der Waals surface area contributed by atoms with Crippen molar-refractivity contribution in [2.45, 2.75) is 13.8 Å². The lowest BCUT2D eigenvalue weighted by atomic mass is 9.98. The number of carbonyl (C=O) groups is 1. The molecule has 0 bridgehead atoms. The second-order valence-corrected chi connectivity index (χ2v) is 6.50. The van der Waals surface area contributed by atoms with Gasteiger partial charge in [-0.2, -0.15) is 9.61 Å². The molecule has 2 heterocycles. The van der Waals surface area contributed by atoms with Crippen LogP contribution in [0.1, 0.15) is 23.0 Å². The van der Waals surface area contributed by atoms with Crippen LogP contribution in [0.25, 0.3) is 27.1 Å². The van der Waals surface area contributed by atoms with Gasteiger partial charge in [-0.25, -0.2) is 4.79 Å². The summed E-state index contributed by atoms with van der Waals surface area (Å²) < 4.78 is 6.53. The lowest BCUT2D eigenvalue weighted by molar-refractivity contribution is 0.0528. The Morgan fingerprint density at radius 3 is 2.58 bits per heavy atom. The van der Waals surface area contributed by atoms with Crippen LogP contribution >= 0.6 is 0 Å². The number of hydrogen-bond donors (Lipinski definition) is 0. The molecule has 6 heteroatoms. The summed E-state index contributed by atoms with van der Waals surface area (Å²) >= 11 is 0. The van der Waals surface area contributed by atoms with Crippen LogP contribution in [0, 0.1) is 6.92 Å². The highest BCUT2D eigenvalue weighted by atomic mass is 16.5. The smallest absolute Gasteiger partial charge is 0.342 e. The van der Waals surface area contributed by atoms with E-state index in [1.54, 1.807) is 19.9 Å². The molecule has 0 saturated heterocycles. The third kappa shape index (κ3) is 2.08. The van der Waals surface area contributed by atoms with Gasteiger partial charge >= 0.3 is 5.97 Å². The summed E-state index contributed by atoms with van der Waals surface area (Å²) in [6.45, 7) is 3.75. The third-order valence-corrected chi connectivity index (χ3v) is 4.72. The van der Waals surface area contributed by atoms with Crippen LogP contribution in [0.4, 0.5) is 5.69 Å². The number of esters is 1. The lowest BCUT2D eigenvalue weighted by Crippen LogP contribution is -2.16. The number of aromatic nitrogens is 2. The molecule has 2 aromatic heterocycles. The summed E-state index contributed by atoms with van der Waals surface area (Å²) in [5, 5.41) is 7.57. The topological polar surface area (TPSA) is 63.9 Å². The second kappa shape index (κ2) is 5.69. The van der Waals surface area contributed by atoms with E-state index in [0.29, 0.717) is 22.2 Å². The molecular formula is C20H19N3O3. The normalized spacial score (nSPS) is 11.5. The Morgan fingerprint density at radius 2 is 1.88 bits per heavy atom. The summed E-state index contributed by atoms with van der Waals surface area (Å²) in [6, 6.07) is 9.62. The minimum absolute atomic E-state index is 0.229. The Kier molecular flexibility index (Phi) is 3.57. The van der Waals surface area contributed by atoms with Crippen molar-refractivity contribution in [1.29, 1.82) is 0 Å². The molecule has 2 aromatic carbocycles. The van der Waals surface area contributed by atoms with Gasteiger partial charge in [0.15, 0.2) is 0 Å². The highest BCUT2D eigenvalue weighted by Crippen LogP contribution is 2.35. The molecule has 4 aromatic rings. The van der Waals surface area contributed by atoms with Crippen LogP contribution in [-0.4, -0.2) is 36.3 Å². The quantitative estimate of drug-likeness (QED) is 0.532. The number of benzene rings is 2. The van der Waals surface area contributed by atoms with Crippen molar-refractivity contribution in [1.82, 2.24) is 9.61 Å². The van der Waals surface area contributed by atoms with E-state index >= 15 is 0 Å². The van der Waals surface area contributed by atoms with E-state index in [0.717, 1.165) is 21.8 Å². The average Bonchev–Trinajstić information content (AvgIpc) is 2.96. The first-order chi connectivity index (χ1) is 12.5. The molecule has 132 valence electrons. The first-order valence-electron chi connectivity index (χ1n) is 8.50. The maximum atomic E-state index is 13.1. The van der Waals surface area contributed by atoms with Crippen molar-refractivity contribution in [3.8, 4) is 0 Å². The van der Waals surface area contributed by atoms with Crippen LogP contribution in [0.5, 0.6) is 0 Å². The van der Waals surface area contributed by atoms with Crippen LogP contribution in [-0.2, 0) is 4.74 Å². The molecule has 0 saturated carbocycles. The summed E-state index contributed by atoms with van der Waals surface area (Å²) in [4.78, 5) is 27.6. The van der Waals surface area contributed by atoms with Crippen molar-refractivity contribution >= 4 is 38.7 Å². The number of nitrogens with zero attached hydrogens (tertiary/aromatic N) is 3. The first-order valence-corrected chi connectivity index (χ1v) is 8.50. The van der Waals surface area contributed by atoms with Gasteiger partial charge in [0.05, 0.1) is 23.2 Å². The zero-order valence-corrected chi connectivity index (χ0v) is 15.2. The number of fused-ring (bicyclic) bond motifs is 2. The zero-order valence-electron chi connectivity index (χ0n) is 15.2. The van der Waals surface area contributed by atoms with Crippen molar-refractivity contribution in [3.63, 3.8) is 0 Å². The van der Waals surface area contributed by atoms with Crippen molar-refractivity contribution in [2.75, 3.05) is 25.6 Å². The highest BCUT2D eigenvalue weighted by Gasteiger charge is 2.24. The van der Waals surface area contributed by atoms with Gasteiger partial charge in [0, 0.05) is 35.9 Å². The molecule has 4 rings (SSSR count). The zero-order chi connectivity index (χ0) is 18.6. The maximum absolute atomic E-state index is 13.1. The van der Waals surface area contributed by atoms with Gasteiger partial charge in [0.25, 0.3) is 5.56 Å². The van der Waals surface area contributed by atoms with E-state index in [4.69, 9.17) is 4.74 Å². The van der Waals surface area contributed by atoms with Gasteiger partial charge in [-0.15, -0.1) is 0 Å². The Morgan fingerprint density at radius 1 is 1.15 bits per heavy atom. The van der Waals surface area contributed by atoms with Crippen LogP contribution in [0.2, 0.25) is 0 Å². The molecule has 0 aliphatic heterocycles. The first kappa shape index (κ1) is 16.3. The van der Waals surface area contributed by atoms with Gasteiger partial charge in [-0.1, -0.05) is 18.2 Å². The monoisotopic (exact) mass is 349 g/mol. The van der Waals surface area contributed by atoms with E-state index < -0.39 is 5.97 Å². The Bertz CT molecular complexity index is 1220. The molecular weight excluding hydrogens is 330 g/mol. The second-order valence-electron chi connectivity index (χ2n) is 6.50. The minimum atomic E-state index is -0.455. The molecule has 0 aliphatic rings. The number of anilines is 1. The van der Waals surface area contributed by atoms with Crippen LogP contribution in [0.3, 0.4) is 0 Å². The van der Waals surface area contributed by atoms with E-state index in [9.17, 15) is 9.59 Å². The SMILES string of the molecule is CCOC(=O)c1c(C)nn2c(=O)c3cccc4c(N(C)C)ccc(c43)c12.